The van der Waals surface area contributed by atoms with E-state index in [2.05, 4.69) is 20.1 Å². The summed E-state index contributed by atoms with van der Waals surface area (Å²) in [6.07, 6.45) is 3.95. The average Bonchev–Trinajstić information content (AvgIpc) is 3.51. The topological polar surface area (TPSA) is 121 Å². The molecule has 37 heavy (non-hydrogen) atoms. The molecule has 0 aliphatic heterocycles. The summed E-state index contributed by atoms with van der Waals surface area (Å²) in [5.41, 5.74) is 7.85. The van der Waals surface area contributed by atoms with Gasteiger partial charge in [0.05, 0.1) is 18.0 Å². The molecule has 1 aromatic carbocycles. The van der Waals surface area contributed by atoms with Crippen molar-refractivity contribution >= 4 is 38.5 Å². The summed E-state index contributed by atoms with van der Waals surface area (Å²) in [6.45, 7) is 0. The summed E-state index contributed by atoms with van der Waals surface area (Å²) in [7, 11) is -2.68. The number of hydrogen-bond acceptors (Lipinski definition) is 7. The number of nitrogens with two attached hydrogens (primary N) is 1. The zero-order valence-corrected chi connectivity index (χ0v) is 19.9. The van der Waals surface area contributed by atoms with Crippen LogP contribution in [-0.4, -0.2) is 45.2 Å². The second kappa shape index (κ2) is 8.85. The van der Waals surface area contributed by atoms with Gasteiger partial charge in [0, 0.05) is 43.0 Å². The summed E-state index contributed by atoms with van der Waals surface area (Å²) in [5, 5.41) is 3.87. The van der Waals surface area contributed by atoms with Crippen molar-refractivity contribution in [3.8, 4) is 11.1 Å². The highest BCUT2D eigenvalue weighted by Crippen LogP contribution is 2.31. The average molecular weight is 526 g/mol. The molecule has 0 saturated carbocycles. The van der Waals surface area contributed by atoms with Crippen molar-refractivity contribution in [2.24, 2.45) is 10.7 Å². The van der Waals surface area contributed by atoms with E-state index in [9.17, 15) is 21.6 Å². The van der Waals surface area contributed by atoms with E-state index in [1.807, 2.05) is 0 Å². The molecule has 0 saturated heterocycles. The van der Waals surface area contributed by atoms with Gasteiger partial charge in [-0.15, -0.1) is 0 Å². The second-order valence-corrected chi connectivity index (χ2v) is 9.66. The van der Waals surface area contributed by atoms with Crippen LogP contribution in [0.15, 0.2) is 83.5 Å². The number of imidazole rings is 1. The van der Waals surface area contributed by atoms with E-state index in [-0.39, 0.29) is 10.5 Å². The molecule has 0 aliphatic carbocycles. The van der Waals surface area contributed by atoms with Crippen molar-refractivity contribution in [1.29, 1.82) is 0 Å². The smallest absolute Gasteiger partial charge is 0.404 e. The third-order valence-corrected chi connectivity index (χ3v) is 7.26. The van der Waals surface area contributed by atoms with E-state index in [0.717, 1.165) is 16.2 Å². The Morgan fingerprint density at radius 2 is 1.76 bits per heavy atom. The minimum Gasteiger partial charge on any atom is -0.404 e. The Morgan fingerprint density at radius 1 is 1.03 bits per heavy atom. The minimum absolute atomic E-state index is 0.184. The standard InChI is InChI=1S/C24H18F3N7O2S/c1-29-10-18(9-28)17-8-21-20(30-11-17)12-32-34(21)37(35,36)23-13-31-22-7-4-16(14-33(22)23)15-2-5-19(6-3-15)24(25,26)27/h2-14H,28H2,1H3. The van der Waals surface area contributed by atoms with Gasteiger partial charge < -0.3 is 5.73 Å². The van der Waals surface area contributed by atoms with Crippen LogP contribution in [0, 0.1) is 0 Å². The predicted molar refractivity (Wildman–Crippen MR) is 132 cm³/mol. The number of aromatic nitrogens is 5. The number of hydrogen-bond donors (Lipinski definition) is 1. The zero-order valence-electron chi connectivity index (χ0n) is 19.1. The molecule has 5 rings (SSSR count). The highest BCUT2D eigenvalue weighted by molar-refractivity contribution is 7.90. The van der Waals surface area contributed by atoms with Crippen molar-refractivity contribution in [3.05, 3.63) is 84.6 Å². The van der Waals surface area contributed by atoms with Gasteiger partial charge in [0.25, 0.3) is 0 Å². The lowest BCUT2D eigenvalue weighted by molar-refractivity contribution is -0.137. The molecular formula is C24H18F3N7O2S. The van der Waals surface area contributed by atoms with Gasteiger partial charge in [0.15, 0.2) is 5.03 Å². The molecule has 2 N–H and O–H groups in total. The van der Waals surface area contributed by atoms with E-state index < -0.39 is 21.8 Å². The van der Waals surface area contributed by atoms with Gasteiger partial charge in [-0.2, -0.15) is 30.8 Å². The maximum Gasteiger partial charge on any atom is 0.416 e. The molecule has 9 nitrogen and oxygen atoms in total. The van der Waals surface area contributed by atoms with Crippen LogP contribution >= 0.6 is 0 Å². The van der Waals surface area contributed by atoms with Crippen molar-refractivity contribution in [2.75, 3.05) is 7.05 Å². The highest BCUT2D eigenvalue weighted by atomic mass is 32.2. The maximum absolute atomic E-state index is 13.7. The fourth-order valence-electron chi connectivity index (χ4n) is 3.85. The predicted octanol–water partition coefficient (Wildman–Crippen LogP) is 4.00. The molecule has 4 heterocycles. The zero-order chi connectivity index (χ0) is 26.4. The van der Waals surface area contributed by atoms with Gasteiger partial charge >= 0.3 is 16.2 Å². The molecule has 0 unspecified atom stereocenters. The van der Waals surface area contributed by atoms with Crippen LogP contribution in [0.4, 0.5) is 13.2 Å². The Balaban J connectivity index is 1.61. The van der Waals surface area contributed by atoms with Crippen LogP contribution in [0.3, 0.4) is 0 Å². The third kappa shape index (κ3) is 4.22. The van der Waals surface area contributed by atoms with Crippen LogP contribution in [0.5, 0.6) is 0 Å². The SMILES string of the molecule is CN=CC(=CN)c1cnc2cnn(S(=O)(=O)c3cnc4ccc(-c5ccc(C(F)(F)F)cc5)cn34)c2c1. The van der Waals surface area contributed by atoms with Gasteiger partial charge in [0.2, 0.25) is 0 Å². The molecule has 0 spiro atoms. The molecule has 5 aromatic rings. The van der Waals surface area contributed by atoms with Gasteiger partial charge in [-0.3, -0.25) is 14.4 Å². The number of fused-ring (bicyclic) bond motifs is 2. The molecule has 0 fully saturated rings. The molecule has 4 aromatic heterocycles. The maximum atomic E-state index is 13.7. The summed E-state index contributed by atoms with van der Waals surface area (Å²) in [5.74, 6) is 0. The number of allylic oxidation sites excluding steroid dienone is 1. The summed E-state index contributed by atoms with van der Waals surface area (Å²) in [4.78, 5) is 12.4. The number of rotatable bonds is 5. The first kappa shape index (κ1) is 24.2. The van der Waals surface area contributed by atoms with Crippen molar-refractivity contribution in [3.63, 3.8) is 0 Å². The van der Waals surface area contributed by atoms with E-state index in [4.69, 9.17) is 5.73 Å². The van der Waals surface area contributed by atoms with Crippen LogP contribution < -0.4 is 5.73 Å². The molecule has 0 atom stereocenters. The van der Waals surface area contributed by atoms with Gasteiger partial charge in [0.1, 0.15) is 16.7 Å². The lowest BCUT2D eigenvalue weighted by atomic mass is 10.1. The van der Waals surface area contributed by atoms with E-state index in [0.29, 0.717) is 33.4 Å². The molecular weight excluding hydrogens is 507 g/mol. The first-order valence-corrected chi connectivity index (χ1v) is 12.2. The Kier molecular flexibility index (Phi) is 5.79. The van der Waals surface area contributed by atoms with Crippen LogP contribution in [0.2, 0.25) is 0 Å². The fourth-order valence-corrected chi connectivity index (χ4v) is 5.18. The van der Waals surface area contributed by atoms with Crippen molar-refractivity contribution < 1.29 is 21.6 Å². The molecule has 0 amide bonds. The van der Waals surface area contributed by atoms with Crippen molar-refractivity contribution in [2.45, 2.75) is 11.2 Å². The van der Waals surface area contributed by atoms with E-state index in [1.54, 1.807) is 25.2 Å². The first-order chi connectivity index (χ1) is 17.6. The quantitative estimate of drug-likeness (QED) is 0.346. The molecule has 0 aliphatic rings. The number of halogens is 3. The van der Waals surface area contributed by atoms with Crippen LogP contribution in [0.1, 0.15) is 11.1 Å². The normalized spacial score (nSPS) is 13.2. The van der Waals surface area contributed by atoms with Crippen LogP contribution in [0.25, 0.3) is 33.4 Å². The van der Waals surface area contributed by atoms with Gasteiger partial charge in [-0.05, 0) is 41.5 Å². The van der Waals surface area contributed by atoms with E-state index >= 15 is 0 Å². The third-order valence-electron chi connectivity index (χ3n) is 5.68. The number of pyridine rings is 2. The summed E-state index contributed by atoms with van der Waals surface area (Å²) < 4.78 is 68.4. The monoisotopic (exact) mass is 525 g/mol. The van der Waals surface area contributed by atoms with Gasteiger partial charge in [-0.1, -0.05) is 12.1 Å². The number of benzene rings is 1. The Labute approximate surface area is 208 Å². The summed E-state index contributed by atoms with van der Waals surface area (Å²) >= 11 is 0. The fraction of sp³-hybridized carbons (Fsp3) is 0.0833. The largest absolute Gasteiger partial charge is 0.416 e. The Hall–Kier alpha value is -4.52. The Bertz CT molecular complexity index is 1800. The molecule has 0 radical (unpaired) electrons. The van der Waals surface area contributed by atoms with Crippen molar-refractivity contribution in [1.82, 2.24) is 23.6 Å². The van der Waals surface area contributed by atoms with E-state index in [1.165, 1.54) is 53.7 Å². The minimum atomic E-state index is -4.46. The highest BCUT2D eigenvalue weighted by Gasteiger charge is 2.30. The van der Waals surface area contributed by atoms with Gasteiger partial charge in [-0.25, -0.2) is 4.98 Å². The second-order valence-electron chi connectivity index (χ2n) is 7.95. The molecule has 188 valence electrons. The van der Waals surface area contributed by atoms with Crippen LogP contribution in [-0.2, 0) is 16.2 Å². The summed E-state index contributed by atoms with van der Waals surface area (Å²) in [6, 6.07) is 9.41. The first-order valence-electron chi connectivity index (χ1n) is 10.7. The lowest BCUT2D eigenvalue weighted by Crippen LogP contribution is -2.16. The molecule has 0 bridgehead atoms. The Morgan fingerprint density at radius 3 is 2.43 bits per heavy atom. The lowest BCUT2D eigenvalue weighted by Gasteiger charge is -2.10. The number of nitrogens with zero attached hydrogens (tertiary/aromatic N) is 6. The number of alkyl halides is 3. The number of aliphatic imine (C=N–C) groups is 1. The molecule has 13 heteroatoms.